The predicted octanol–water partition coefficient (Wildman–Crippen LogP) is 1.05. The van der Waals surface area contributed by atoms with Crippen LogP contribution in [0.5, 0.6) is 0 Å². The number of carboxylic acids is 1. The van der Waals surface area contributed by atoms with Gasteiger partial charge in [-0.15, -0.1) is 11.3 Å². The topological polar surface area (TPSA) is 88.5 Å². The van der Waals surface area contributed by atoms with Crippen LogP contribution in [0.25, 0.3) is 0 Å². The van der Waals surface area contributed by atoms with Gasteiger partial charge in [0, 0.05) is 18.0 Å². The highest BCUT2D eigenvalue weighted by Crippen LogP contribution is 2.07. The minimum atomic E-state index is -1.13. The van der Waals surface area contributed by atoms with Crippen molar-refractivity contribution in [1.29, 1.82) is 0 Å². The number of amides is 1. The number of carbonyl (C=O) groups excluding carboxylic acids is 1. The van der Waals surface area contributed by atoms with Crippen LogP contribution in [0.15, 0.2) is 24.2 Å². The number of rotatable bonds is 6. The number of carboxylic acid groups (broad SMARTS) is 1. The summed E-state index contributed by atoms with van der Waals surface area (Å²) in [7, 11) is 0. The Hall–Kier alpha value is -1.89. The minimum absolute atomic E-state index is 0.0371. The Kier molecular flexibility index (Phi) is 5.15. The average Bonchev–Trinajstić information content (AvgIpc) is 2.78. The number of aromatic nitrogens is 1. The number of thiazole rings is 1. The van der Waals surface area contributed by atoms with Gasteiger partial charge in [-0.1, -0.05) is 12.7 Å². The van der Waals surface area contributed by atoms with E-state index in [1.165, 1.54) is 17.4 Å². The highest BCUT2D eigenvalue weighted by molar-refractivity contribution is 7.09. The van der Waals surface area contributed by atoms with Crippen LogP contribution in [0.3, 0.4) is 0 Å². The quantitative estimate of drug-likeness (QED) is 0.743. The number of hydrogen-bond acceptors (Lipinski definition) is 5. The SMILES string of the molecule is C=CCOC(=O)N[C@@H](Cc1nccs1)C(=O)O. The van der Waals surface area contributed by atoms with Gasteiger partial charge in [0.15, 0.2) is 0 Å². The monoisotopic (exact) mass is 256 g/mol. The molecule has 1 heterocycles. The summed E-state index contributed by atoms with van der Waals surface area (Å²) in [6, 6.07) is -1.04. The van der Waals surface area contributed by atoms with Gasteiger partial charge in [0.05, 0.1) is 5.01 Å². The van der Waals surface area contributed by atoms with Gasteiger partial charge < -0.3 is 15.2 Å². The van der Waals surface area contributed by atoms with Crippen molar-refractivity contribution in [3.05, 3.63) is 29.2 Å². The number of nitrogens with one attached hydrogen (secondary N) is 1. The molecule has 1 atom stereocenters. The molecule has 92 valence electrons. The molecule has 7 heteroatoms. The van der Waals surface area contributed by atoms with Crippen LogP contribution in [0.1, 0.15) is 5.01 Å². The van der Waals surface area contributed by atoms with Crippen molar-refractivity contribution >= 4 is 23.4 Å². The van der Waals surface area contributed by atoms with E-state index in [1.807, 2.05) is 0 Å². The maximum absolute atomic E-state index is 11.2. The predicted molar refractivity (Wildman–Crippen MR) is 61.9 cm³/mol. The van der Waals surface area contributed by atoms with E-state index < -0.39 is 18.1 Å². The highest BCUT2D eigenvalue weighted by Gasteiger charge is 2.21. The van der Waals surface area contributed by atoms with Crippen LogP contribution in [-0.2, 0) is 16.0 Å². The second-order valence-electron chi connectivity index (χ2n) is 3.05. The Morgan fingerprint density at radius 3 is 3.00 bits per heavy atom. The van der Waals surface area contributed by atoms with E-state index in [-0.39, 0.29) is 13.0 Å². The third-order valence-electron chi connectivity index (χ3n) is 1.78. The van der Waals surface area contributed by atoms with Gasteiger partial charge in [0.2, 0.25) is 0 Å². The van der Waals surface area contributed by atoms with Crippen LogP contribution >= 0.6 is 11.3 Å². The molecule has 17 heavy (non-hydrogen) atoms. The first-order valence-electron chi connectivity index (χ1n) is 4.79. The van der Waals surface area contributed by atoms with E-state index >= 15 is 0 Å². The molecule has 0 radical (unpaired) electrons. The van der Waals surface area contributed by atoms with Crippen LogP contribution in [-0.4, -0.2) is 34.8 Å². The maximum Gasteiger partial charge on any atom is 0.408 e. The molecule has 0 spiro atoms. The summed E-state index contributed by atoms with van der Waals surface area (Å²) in [6.07, 6.45) is 2.33. The first kappa shape index (κ1) is 13.2. The van der Waals surface area contributed by atoms with Crippen molar-refractivity contribution in [2.45, 2.75) is 12.5 Å². The van der Waals surface area contributed by atoms with Crippen molar-refractivity contribution in [3.8, 4) is 0 Å². The van der Waals surface area contributed by atoms with Gasteiger partial charge in [-0.3, -0.25) is 0 Å². The zero-order chi connectivity index (χ0) is 12.7. The van der Waals surface area contributed by atoms with E-state index in [4.69, 9.17) is 5.11 Å². The summed E-state index contributed by atoms with van der Waals surface area (Å²) in [4.78, 5) is 26.1. The van der Waals surface area contributed by atoms with Crippen LogP contribution in [0.4, 0.5) is 4.79 Å². The fourth-order valence-corrected chi connectivity index (χ4v) is 1.71. The largest absolute Gasteiger partial charge is 0.480 e. The van der Waals surface area contributed by atoms with Crippen LogP contribution < -0.4 is 5.32 Å². The fourth-order valence-electron chi connectivity index (χ4n) is 1.05. The molecule has 1 amide bonds. The van der Waals surface area contributed by atoms with E-state index in [2.05, 4.69) is 21.6 Å². The number of hydrogen-bond donors (Lipinski definition) is 2. The van der Waals surface area contributed by atoms with Crippen molar-refractivity contribution < 1.29 is 19.4 Å². The zero-order valence-corrected chi connectivity index (χ0v) is 9.77. The first-order valence-corrected chi connectivity index (χ1v) is 5.66. The average molecular weight is 256 g/mol. The molecule has 0 fully saturated rings. The molecule has 2 N–H and O–H groups in total. The molecule has 0 saturated heterocycles. The molecule has 0 unspecified atom stereocenters. The Bertz CT molecular complexity index is 391. The van der Waals surface area contributed by atoms with Crippen LogP contribution in [0, 0.1) is 0 Å². The lowest BCUT2D eigenvalue weighted by atomic mass is 10.2. The molecule has 0 aliphatic heterocycles. The lowest BCUT2D eigenvalue weighted by molar-refractivity contribution is -0.139. The third-order valence-corrected chi connectivity index (χ3v) is 2.59. The Morgan fingerprint density at radius 1 is 1.71 bits per heavy atom. The third kappa shape index (κ3) is 4.64. The molecule has 0 aliphatic carbocycles. The van der Waals surface area contributed by atoms with Crippen LogP contribution in [0.2, 0.25) is 0 Å². The smallest absolute Gasteiger partial charge is 0.408 e. The standard InChI is InChI=1S/C10H12N2O4S/c1-2-4-16-10(15)12-7(9(13)14)6-8-11-3-5-17-8/h2-3,5,7H,1,4,6H2,(H,12,15)(H,13,14)/t7-/m0/s1. The van der Waals surface area contributed by atoms with Gasteiger partial charge in [0.25, 0.3) is 0 Å². The number of carbonyl (C=O) groups is 2. The summed E-state index contributed by atoms with van der Waals surface area (Å²) < 4.78 is 4.64. The summed E-state index contributed by atoms with van der Waals surface area (Å²) >= 11 is 1.33. The molecule has 0 saturated carbocycles. The normalized spacial score (nSPS) is 11.5. The number of alkyl carbamates (subject to hydrolysis) is 1. The Balaban J connectivity index is 2.51. The summed E-state index contributed by atoms with van der Waals surface area (Å²) in [6.45, 7) is 3.42. The first-order chi connectivity index (χ1) is 8.13. The lowest BCUT2D eigenvalue weighted by Crippen LogP contribution is -2.42. The number of aliphatic carboxylic acids is 1. The minimum Gasteiger partial charge on any atom is -0.480 e. The fraction of sp³-hybridized carbons (Fsp3) is 0.300. The highest BCUT2D eigenvalue weighted by atomic mass is 32.1. The van der Waals surface area contributed by atoms with Crippen molar-refractivity contribution in [3.63, 3.8) is 0 Å². The summed E-state index contributed by atoms with van der Waals surface area (Å²) in [5, 5.41) is 13.6. The second kappa shape index (κ2) is 6.64. The summed E-state index contributed by atoms with van der Waals surface area (Å²) in [5.41, 5.74) is 0. The summed E-state index contributed by atoms with van der Waals surface area (Å²) in [5.74, 6) is -1.13. The second-order valence-corrected chi connectivity index (χ2v) is 4.03. The molecule has 1 aromatic rings. The number of ether oxygens (including phenoxy) is 1. The van der Waals surface area contributed by atoms with Crippen molar-refractivity contribution in [1.82, 2.24) is 10.3 Å². The lowest BCUT2D eigenvalue weighted by Gasteiger charge is -2.12. The maximum atomic E-state index is 11.2. The van der Waals surface area contributed by atoms with Gasteiger partial charge in [0.1, 0.15) is 12.6 Å². The van der Waals surface area contributed by atoms with Gasteiger partial charge >= 0.3 is 12.1 Å². The van der Waals surface area contributed by atoms with E-state index in [0.717, 1.165) is 0 Å². The molecule has 1 rings (SSSR count). The van der Waals surface area contributed by atoms with Gasteiger partial charge in [-0.2, -0.15) is 0 Å². The molecule has 0 aromatic carbocycles. The molecular weight excluding hydrogens is 244 g/mol. The number of nitrogens with zero attached hydrogens (tertiary/aromatic N) is 1. The van der Waals surface area contributed by atoms with E-state index in [1.54, 1.807) is 11.6 Å². The zero-order valence-electron chi connectivity index (χ0n) is 8.96. The van der Waals surface area contributed by atoms with Gasteiger partial charge in [-0.05, 0) is 0 Å². The van der Waals surface area contributed by atoms with Gasteiger partial charge in [-0.25, -0.2) is 14.6 Å². The van der Waals surface area contributed by atoms with E-state index in [9.17, 15) is 9.59 Å². The molecular formula is C10H12N2O4S. The van der Waals surface area contributed by atoms with Crippen molar-refractivity contribution in [2.75, 3.05) is 6.61 Å². The molecule has 1 aromatic heterocycles. The molecule has 0 bridgehead atoms. The Morgan fingerprint density at radius 2 is 2.47 bits per heavy atom. The molecule has 6 nitrogen and oxygen atoms in total. The Labute approximate surface area is 102 Å². The van der Waals surface area contributed by atoms with E-state index in [0.29, 0.717) is 5.01 Å². The van der Waals surface area contributed by atoms with Crippen molar-refractivity contribution in [2.24, 2.45) is 0 Å². The molecule has 0 aliphatic rings.